The normalized spacial score (nSPS) is 15.7. The molecule has 1 saturated heterocycles. The number of nitrogens with one attached hydrogen (secondary N) is 2. The monoisotopic (exact) mass is 343 g/mol. The van der Waals surface area contributed by atoms with E-state index in [9.17, 15) is 4.79 Å². The summed E-state index contributed by atoms with van der Waals surface area (Å²) >= 11 is 7.52. The molecule has 1 aromatic rings. The van der Waals surface area contributed by atoms with Gasteiger partial charge < -0.3 is 15.0 Å². The Morgan fingerprint density at radius 2 is 2.00 bits per heavy atom. The largest absolute Gasteiger partial charge is 0.370 e. The Morgan fingerprint density at radius 3 is 2.73 bits per heavy atom. The molecule has 6 heteroatoms. The van der Waals surface area contributed by atoms with E-state index in [4.69, 9.17) is 16.3 Å². The number of ether oxygens (including phenoxy) is 1. The quantitative estimate of drug-likeness (QED) is 0.551. The fourth-order valence-electron chi connectivity index (χ4n) is 2.36. The van der Waals surface area contributed by atoms with Gasteiger partial charge in [-0.25, -0.2) is 0 Å². The number of halogens is 1. The van der Waals surface area contributed by atoms with Crippen molar-refractivity contribution in [1.29, 1.82) is 0 Å². The van der Waals surface area contributed by atoms with Gasteiger partial charge in [-0.3, -0.25) is 4.79 Å². The number of amides is 1. The minimum atomic E-state index is 0.137. The van der Waals surface area contributed by atoms with Crippen molar-refractivity contribution in [1.82, 2.24) is 5.32 Å². The predicted octanol–water partition coefficient (Wildman–Crippen LogP) is 1.24. The minimum Gasteiger partial charge on any atom is -0.370 e. The third-order valence-electron chi connectivity index (χ3n) is 3.64. The second-order valence-electron chi connectivity index (χ2n) is 5.37. The maximum absolute atomic E-state index is 11.8. The summed E-state index contributed by atoms with van der Waals surface area (Å²) in [5.41, 5.74) is 0. The topological polar surface area (TPSA) is 42.8 Å². The molecule has 1 aliphatic heterocycles. The van der Waals surface area contributed by atoms with Gasteiger partial charge in [-0.05, 0) is 24.3 Å². The van der Waals surface area contributed by atoms with Crippen LogP contribution in [0.15, 0.2) is 29.2 Å². The van der Waals surface area contributed by atoms with Gasteiger partial charge in [0, 0.05) is 35.1 Å². The van der Waals surface area contributed by atoms with Crippen molar-refractivity contribution in [3.8, 4) is 0 Å². The summed E-state index contributed by atoms with van der Waals surface area (Å²) in [7, 11) is 0. The Labute approximate surface area is 141 Å². The highest BCUT2D eigenvalue weighted by molar-refractivity contribution is 7.99. The summed E-state index contributed by atoms with van der Waals surface area (Å²) in [4.78, 5) is 14.5. The van der Waals surface area contributed by atoms with Crippen molar-refractivity contribution in [2.24, 2.45) is 0 Å². The number of thioether (sulfide) groups is 1. The van der Waals surface area contributed by atoms with Crippen LogP contribution in [0.5, 0.6) is 0 Å². The molecule has 1 aliphatic rings. The van der Waals surface area contributed by atoms with Crippen molar-refractivity contribution in [2.45, 2.75) is 17.7 Å². The zero-order chi connectivity index (χ0) is 15.6. The molecule has 2 N–H and O–H groups in total. The third-order valence-corrected chi connectivity index (χ3v) is 4.91. The lowest BCUT2D eigenvalue weighted by Crippen LogP contribution is -3.14. The highest BCUT2D eigenvalue weighted by Gasteiger charge is 2.12. The zero-order valence-electron chi connectivity index (χ0n) is 12.8. The molecule has 122 valence electrons. The van der Waals surface area contributed by atoms with Crippen LogP contribution < -0.4 is 10.2 Å². The van der Waals surface area contributed by atoms with Crippen molar-refractivity contribution in [3.05, 3.63) is 29.3 Å². The van der Waals surface area contributed by atoms with E-state index >= 15 is 0 Å². The summed E-state index contributed by atoms with van der Waals surface area (Å²) in [6.07, 6.45) is 1.59. The molecule has 0 unspecified atom stereocenters. The van der Waals surface area contributed by atoms with E-state index < -0.39 is 0 Å². The van der Waals surface area contributed by atoms with Gasteiger partial charge >= 0.3 is 0 Å². The fraction of sp³-hybridized carbons (Fsp3) is 0.562. The Hall–Kier alpha value is -0.750. The maximum atomic E-state index is 11.8. The number of benzene rings is 1. The highest BCUT2D eigenvalue weighted by Crippen LogP contribution is 2.20. The smallest absolute Gasteiger partial charge is 0.220 e. The molecule has 1 aromatic carbocycles. The Kier molecular flexibility index (Phi) is 8.08. The van der Waals surface area contributed by atoms with Gasteiger partial charge in [-0.2, -0.15) is 0 Å². The van der Waals surface area contributed by atoms with Gasteiger partial charge in [-0.1, -0.05) is 11.6 Å². The number of carbonyl (C=O) groups is 1. The molecule has 1 fully saturated rings. The first-order valence-electron chi connectivity index (χ1n) is 7.80. The van der Waals surface area contributed by atoms with E-state index in [2.05, 4.69) is 5.32 Å². The molecule has 22 heavy (non-hydrogen) atoms. The second kappa shape index (κ2) is 10.1. The van der Waals surface area contributed by atoms with Crippen LogP contribution in [0.2, 0.25) is 5.02 Å². The summed E-state index contributed by atoms with van der Waals surface area (Å²) in [6, 6.07) is 7.71. The number of rotatable bonds is 8. The van der Waals surface area contributed by atoms with Gasteiger partial charge in [0.25, 0.3) is 0 Å². The van der Waals surface area contributed by atoms with Crippen molar-refractivity contribution in [2.75, 3.05) is 45.1 Å². The first-order valence-corrected chi connectivity index (χ1v) is 9.17. The Balaban J connectivity index is 1.49. The zero-order valence-corrected chi connectivity index (χ0v) is 14.3. The van der Waals surface area contributed by atoms with Gasteiger partial charge in [-0.15, -0.1) is 11.8 Å². The average Bonchev–Trinajstić information content (AvgIpc) is 2.54. The van der Waals surface area contributed by atoms with Gasteiger partial charge in [0.05, 0.1) is 19.8 Å². The molecular weight excluding hydrogens is 320 g/mol. The maximum Gasteiger partial charge on any atom is 0.220 e. The summed E-state index contributed by atoms with van der Waals surface area (Å²) < 4.78 is 5.33. The minimum absolute atomic E-state index is 0.137. The van der Waals surface area contributed by atoms with E-state index in [0.717, 1.165) is 61.5 Å². The molecule has 2 rings (SSSR count). The number of hydrogen-bond donors (Lipinski definition) is 2. The van der Waals surface area contributed by atoms with Crippen LogP contribution in [-0.2, 0) is 9.53 Å². The predicted molar refractivity (Wildman–Crippen MR) is 90.8 cm³/mol. The molecule has 0 saturated carbocycles. The average molecular weight is 344 g/mol. The van der Waals surface area contributed by atoms with Crippen LogP contribution in [0.1, 0.15) is 12.8 Å². The van der Waals surface area contributed by atoms with Crippen LogP contribution >= 0.6 is 23.4 Å². The van der Waals surface area contributed by atoms with Crippen LogP contribution in [-0.4, -0.2) is 51.1 Å². The van der Waals surface area contributed by atoms with Crippen molar-refractivity contribution in [3.63, 3.8) is 0 Å². The van der Waals surface area contributed by atoms with Crippen LogP contribution in [0.3, 0.4) is 0 Å². The van der Waals surface area contributed by atoms with Crippen LogP contribution in [0.25, 0.3) is 0 Å². The Bertz CT molecular complexity index is 450. The molecule has 0 spiro atoms. The first kappa shape index (κ1) is 17.6. The van der Waals surface area contributed by atoms with E-state index in [-0.39, 0.29) is 5.91 Å². The van der Waals surface area contributed by atoms with E-state index in [1.54, 1.807) is 16.7 Å². The molecule has 1 heterocycles. The molecule has 0 aromatic heterocycles. The molecule has 0 bridgehead atoms. The SMILES string of the molecule is O=C(CCSc1ccc(Cl)cc1)NCCC[NH+]1CCOCC1. The van der Waals surface area contributed by atoms with Crippen LogP contribution in [0.4, 0.5) is 0 Å². The third kappa shape index (κ3) is 7.01. The first-order chi connectivity index (χ1) is 10.7. The van der Waals surface area contributed by atoms with Gasteiger partial charge in [0.15, 0.2) is 0 Å². The van der Waals surface area contributed by atoms with E-state index in [1.165, 1.54) is 0 Å². The van der Waals surface area contributed by atoms with Gasteiger partial charge in [0.2, 0.25) is 5.91 Å². The standard InChI is InChI=1S/C16H23ClN2O2S/c17-14-2-4-15(5-3-14)22-13-6-16(20)18-7-1-8-19-9-11-21-12-10-19/h2-5H,1,6-13H2,(H,18,20)/p+1. The van der Waals surface area contributed by atoms with E-state index in [0.29, 0.717) is 6.42 Å². The number of hydrogen-bond acceptors (Lipinski definition) is 3. The number of quaternary nitrogens is 1. The Morgan fingerprint density at radius 1 is 1.27 bits per heavy atom. The fourth-order valence-corrected chi connectivity index (χ4v) is 3.33. The molecule has 0 atom stereocenters. The van der Waals surface area contributed by atoms with Crippen LogP contribution in [0, 0.1) is 0 Å². The summed E-state index contributed by atoms with van der Waals surface area (Å²) in [6.45, 7) is 5.79. The second-order valence-corrected chi connectivity index (χ2v) is 6.97. The molecular formula is C16H24ClN2O2S+. The lowest BCUT2D eigenvalue weighted by molar-refractivity contribution is -0.908. The molecule has 0 aliphatic carbocycles. The van der Waals surface area contributed by atoms with E-state index in [1.807, 2.05) is 24.3 Å². The lowest BCUT2D eigenvalue weighted by Gasteiger charge is -2.23. The molecule has 4 nitrogen and oxygen atoms in total. The summed E-state index contributed by atoms with van der Waals surface area (Å²) in [5, 5.41) is 3.74. The lowest BCUT2D eigenvalue weighted by atomic mass is 10.3. The number of morpholine rings is 1. The molecule has 0 radical (unpaired) electrons. The molecule has 1 amide bonds. The number of carbonyl (C=O) groups excluding carboxylic acids is 1. The van der Waals surface area contributed by atoms with Crippen molar-refractivity contribution >= 4 is 29.3 Å². The summed E-state index contributed by atoms with van der Waals surface area (Å²) in [5.74, 6) is 0.931. The van der Waals surface area contributed by atoms with Gasteiger partial charge in [0.1, 0.15) is 13.1 Å². The highest BCUT2D eigenvalue weighted by atomic mass is 35.5. The van der Waals surface area contributed by atoms with Crippen molar-refractivity contribution < 1.29 is 14.4 Å².